The van der Waals surface area contributed by atoms with E-state index in [1.807, 2.05) is 12.3 Å². The van der Waals surface area contributed by atoms with Gasteiger partial charge in [-0.05, 0) is 73.2 Å². The van der Waals surface area contributed by atoms with Crippen molar-refractivity contribution in [2.45, 2.75) is 25.8 Å². The van der Waals surface area contributed by atoms with Crippen LogP contribution in [-0.2, 0) is 6.54 Å². The molecule has 1 saturated carbocycles. The molecule has 0 radical (unpaired) electrons. The fraction of sp³-hybridized carbons (Fsp3) is 0.241. The molecule has 5 aromatic rings. The predicted octanol–water partition coefficient (Wildman–Crippen LogP) is 5.70. The highest BCUT2D eigenvalue weighted by Crippen LogP contribution is 2.42. The van der Waals surface area contributed by atoms with E-state index in [2.05, 4.69) is 15.4 Å². The Labute approximate surface area is 218 Å². The van der Waals surface area contributed by atoms with Crippen LogP contribution in [0.5, 0.6) is 0 Å². The van der Waals surface area contributed by atoms with Crippen LogP contribution >= 0.6 is 0 Å². The molecule has 2 N–H and O–H groups in total. The van der Waals surface area contributed by atoms with Gasteiger partial charge >= 0.3 is 0 Å². The van der Waals surface area contributed by atoms with E-state index in [1.54, 1.807) is 35.1 Å². The van der Waals surface area contributed by atoms with Gasteiger partial charge in [-0.25, -0.2) is 23.7 Å². The minimum Gasteiger partial charge on any atom is -0.396 e. The quantitative estimate of drug-likeness (QED) is 0.263. The summed E-state index contributed by atoms with van der Waals surface area (Å²) in [5.74, 6) is 0.474. The summed E-state index contributed by atoms with van der Waals surface area (Å²) in [4.78, 5) is 14.2. The Morgan fingerprint density at radius 3 is 2.29 bits per heavy atom. The maximum Gasteiger partial charge on any atom is 0.223 e. The maximum absolute atomic E-state index is 14.0. The molecule has 0 amide bonds. The first-order valence-corrected chi connectivity index (χ1v) is 12.7. The number of halogens is 2. The Balaban J connectivity index is 1.62. The number of nitrogens with zero attached hydrogens (tertiary/aromatic N) is 5. The average Bonchev–Trinajstić information content (AvgIpc) is 3.68. The highest BCUT2D eigenvalue weighted by atomic mass is 19.1. The first-order valence-electron chi connectivity index (χ1n) is 12.7. The van der Waals surface area contributed by atoms with Crippen LogP contribution in [0.15, 0.2) is 67.0 Å². The number of aryl methyl sites for hydroxylation is 1. The lowest BCUT2D eigenvalue weighted by Gasteiger charge is -2.16. The van der Waals surface area contributed by atoms with Crippen LogP contribution in [0.3, 0.4) is 0 Å². The number of hydrogen-bond acceptors (Lipinski definition) is 6. The SMILES string of the molecule is OCCCn1cc2c(-c3ccc(F)cc3)c(-c3ccnc(NCC4CC4)n3)c(-c3ccc(F)cc3)nc2n1. The number of hydrogen-bond donors (Lipinski definition) is 2. The molecule has 38 heavy (non-hydrogen) atoms. The van der Waals surface area contributed by atoms with Gasteiger partial charge in [-0.2, -0.15) is 5.10 Å². The molecular weight excluding hydrogens is 486 g/mol. The number of rotatable bonds is 9. The normalized spacial score (nSPS) is 13.2. The van der Waals surface area contributed by atoms with Crippen molar-refractivity contribution in [3.05, 3.63) is 78.6 Å². The van der Waals surface area contributed by atoms with Gasteiger partial charge in [0.15, 0.2) is 5.65 Å². The van der Waals surface area contributed by atoms with Gasteiger partial charge in [0.1, 0.15) is 11.6 Å². The van der Waals surface area contributed by atoms with Crippen LogP contribution < -0.4 is 5.32 Å². The smallest absolute Gasteiger partial charge is 0.223 e. The van der Waals surface area contributed by atoms with Crippen LogP contribution in [0.2, 0.25) is 0 Å². The van der Waals surface area contributed by atoms with Gasteiger partial charge in [0.2, 0.25) is 5.95 Å². The van der Waals surface area contributed by atoms with Crippen molar-refractivity contribution < 1.29 is 13.9 Å². The number of anilines is 1. The number of fused-ring (bicyclic) bond motifs is 1. The summed E-state index contributed by atoms with van der Waals surface area (Å²) in [7, 11) is 0. The topological polar surface area (TPSA) is 88.8 Å². The van der Waals surface area contributed by atoms with Crippen molar-refractivity contribution in [3.63, 3.8) is 0 Å². The van der Waals surface area contributed by atoms with Gasteiger partial charge in [-0.3, -0.25) is 4.68 Å². The van der Waals surface area contributed by atoms with E-state index in [0.29, 0.717) is 53.0 Å². The third-order valence-corrected chi connectivity index (χ3v) is 6.67. The number of aromatic nitrogens is 5. The zero-order valence-corrected chi connectivity index (χ0v) is 20.6. The second-order valence-electron chi connectivity index (χ2n) is 9.52. The molecule has 1 aliphatic carbocycles. The monoisotopic (exact) mass is 512 g/mol. The second kappa shape index (κ2) is 10.3. The fourth-order valence-corrected chi connectivity index (χ4v) is 4.56. The van der Waals surface area contributed by atoms with E-state index >= 15 is 0 Å². The molecule has 0 unspecified atom stereocenters. The van der Waals surface area contributed by atoms with E-state index in [9.17, 15) is 13.9 Å². The highest BCUT2D eigenvalue weighted by molar-refractivity contribution is 6.05. The van der Waals surface area contributed by atoms with Gasteiger partial charge in [0.05, 0.1) is 11.4 Å². The lowest BCUT2D eigenvalue weighted by Crippen LogP contribution is -2.07. The minimum atomic E-state index is -0.350. The first-order chi connectivity index (χ1) is 18.6. The Bertz CT molecular complexity index is 1580. The second-order valence-corrected chi connectivity index (χ2v) is 9.52. The van der Waals surface area contributed by atoms with Crippen molar-refractivity contribution in [2.24, 2.45) is 5.92 Å². The summed E-state index contributed by atoms with van der Waals surface area (Å²) >= 11 is 0. The molecule has 0 bridgehead atoms. The third kappa shape index (κ3) is 4.97. The van der Waals surface area contributed by atoms with E-state index in [1.165, 1.54) is 37.1 Å². The number of pyridine rings is 1. The Morgan fingerprint density at radius 2 is 1.61 bits per heavy atom. The van der Waals surface area contributed by atoms with E-state index in [0.717, 1.165) is 23.1 Å². The summed E-state index contributed by atoms with van der Waals surface area (Å²) in [6.45, 7) is 1.37. The molecule has 3 aromatic heterocycles. The molecule has 3 heterocycles. The van der Waals surface area contributed by atoms with Crippen molar-refractivity contribution >= 4 is 17.0 Å². The van der Waals surface area contributed by atoms with E-state index in [-0.39, 0.29) is 18.2 Å². The van der Waals surface area contributed by atoms with Crippen LogP contribution in [-0.4, -0.2) is 43.0 Å². The zero-order valence-electron chi connectivity index (χ0n) is 20.6. The van der Waals surface area contributed by atoms with Gasteiger partial charge in [-0.1, -0.05) is 12.1 Å². The third-order valence-electron chi connectivity index (χ3n) is 6.67. The minimum absolute atomic E-state index is 0.0398. The summed E-state index contributed by atoms with van der Waals surface area (Å²) in [5.41, 5.74) is 4.68. The van der Waals surface area contributed by atoms with Gasteiger partial charge < -0.3 is 10.4 Å². The molecular formula is C29H26F2N6O. The predicted molar refractivity (Wildman–Crippen MR) is 142 cm³/mol. The Kier molecular flexibility index (Phi) is 6.51. The summed E-state index contributed by atoms with van der Waals surface area (Å²) in [6, 6.07) is 14.2. The van der Waals surface area contributed by atoms with E-state index < -0.39 is 0 Å². The lowest BCUT2D eigenvalue weighted by atomic mass is 9.91. The molecule has 6 rings (SSSR count). The summed E-state index contributed by atoms with van der Waals surface area (Å²) < 4.78 is 29.6. The average molecular weight is 513 g/mol. The molecule has 2 aromatic carbocycles. The highest BCUT2D eigenvalue weighted by Gasteiger charge is 2.24. The van der Waals surface area contributed by atoms with Crippen molar-refractivity contribution in [1.29, 1.82) is 0 Å². The number of benzene rings is 2. The number of nitrogens with one attached hydrogen (secondary N) is 1. The summed E-state index contributed by atoms with van der Waals surface area (Å²) in [6.07, 6.45) is 6.55. The van der Waals surface area contributed by atoms with Gasteiger partial charge in [-0.15, -0.1) is 0 Å². The summed E-state index contributed by atoms with van der Waals surface area (Å²) in [5, 5.41) is 18.1. The molecule has 9 heteroatoms. The zero-order chi connectivity index (χ0) is 26.1. The number of aliphatic hydroxyl groups is 1. The molecule has 0 spiro atoms. The van der Waals surface area contributed by atoms with Gasteiger partial charge in [0, 0.05) is 54.2 Å². The van der Waals surface area contributed by atoms with Crippen LogP contribution in [0.25, 0.3) is 44.7 Å². The first kappa shape index (κ1) is 24.1. The lowest BCUT2D eigenvalue weighted by molar-refractivity contribution is 0.277. The van der Waals surface area contributed by atoms with Crippen LogP contribution in [0, 0.1) is 17.6 Å². The van der Waals surface area contributed by atoms with Crippen molar-refractivity contribution in [1.82, 2.24) is 24.7 Å². The van der Waals surface area contributed by atoms with Gasteiger partial charge in [0.25, 0.3) is 0 Å². The molecule has 1 fully saturated rings. The van der Waals surface area contributed by atoms with Crippen molar-refractivity contribution in [2.75, 3.05) is 18.5 Å². The standard InChI is InChI=1S/C29H26F2N6O/c30-21-8-4-19(5-9-21)25-23-17-37(14-1-15-38)36-28(23)35-27(20-6-10-22(31)11-7-20)26(25)24-12-13-32-29(34-24)33-16-18-2-3-18/h4-13,17-18,38H,1-3,14-16H2,(H,32,33,34). The molecule has 1 aliphatic rings. The molecule has 0 saturated heterocycles. The molecule has 0 atom stereocenters. The molecule has 0 aliphatic heterocycles. The Hall–Kier alpha value is -4.24. The largest absolute Gasteiger partial charge is 0.396 e. The Morgan fingerprint density at radius 1 is 0.895 bits per heavy atom. The fourth-order valence-electron chi connectivity index (χ4n) is 4.56. The van der Waals surface area contributed by atoms with Crippen molar-refractivity contribution in [3.8, 4) is 33.6 Å². The number of aliphatic hydroxyl groups excluding tert-OH is 1. The van der Waals surface area contributed by atoms with Crippen LogP contribution in [0.1, 0.15) is 19.3 Å². The molecule has 192 valence electrons. The van der Waals surface area contributed by atoms with E-state index in [4.69, 9.17) is 9.97 Å². The van der Waals surface area contributed by atoms with Crippen LogP contribution in [0.4, 0.5) is 14.7 Å². The maximum atomic E-state index is 14.0. The molecule has 7 nitrogen and oxygen atoms in total.